The number of rotatable bonds is 5. The topological polar surface area (TPSA) is 32.5 Å². The SMILES string of the molecule is CN(CC(C)(C)N)C1CCN(Cc2ccccc2)C1.Cl. The van der Waals surface area contributed by atoms with Crippen molar-refractivity contribution in [2.45, 2.75) is 38.4 Å². The van der Waals surface area contributed by atoms with Crippen LogP contribution in [0.1, 0.15) is 25.8 Å². The molecule has 1 saturated heterocycles. The Morgan fingerprint density at radius 2 is 1.95 bits per heavy atom. The summed E-state index contributed by atoms with van der Waals surface area (Å²) in [5.41, 5.74) is 7.40. The number of likely N-dealkylation sites (tertiary alicyclic amines) is 1. The summed E-state index contributed by atoms with van der Waals surface area (Å²) >= 11 is 0. The van der Waals surface area contributed by atoms with E-state index in [0.29, 0.717) is 6.04 Å². The Morgan fingerprint density at radius 3 is 2.55 bits per heavy atom. The van der Waals surface area contributed by atoms with Gasteiger partial charge in [0.15, 0.2) is 0 Å². The Labute approximate surface area is 129 Å². The third kappa shape index (κ3) is 5.41. The van der Waals surface area contributed by atoms with E-state index in [1.165, 1.54) is 18.5 Å². The first kappa shape index (κ1) is 17.4. The summed E-state index contributed by atoms with van der Waals surface area (Å²) in [7, 11) is 2.20. The molecule has 1 unspecified atom stereocenters. The lowest BCUT2D eigenvalue weighted by Gasteiger charge is -2.31. The van der Waals surface area contributed by atoms with Gasteiger partial charge in [0.25, 0.3) is 0 Å². The fraction of sp³-hybridized carbons (Fsp3) is 0.625. The predicted molar refractivity (Wildman–Crippen MR) is 88.3 cm³/mol. The third-order valence-electron chi connectivity index (χ3n) is 3.78. The van der Waals surface area contributed by atoms with Crippen molar-refractivity contribution in [2.75, 3.05) is 26.7 Å². The normalized spacial score (nSPS) is 20.1. The predicted octanol–water partition coefficient (Wildman–Crippen LogP) is 2.35. The van der Waals surface area contributed by atoms with E-state index in [2.05, 4.69) is 61.0 Å². The summed E-state index contributed by atoms with van der Waals surface area (Å²) in [6.45, 7) is 8.56. The second-order valence-corrected chi connectivity index (χ2v) is 6.57. The van der Waals surface area contributed by atoms with Crippen LogP contribution < -0.4 is 5.73 Å². The van der Waals surface area contributed by atoms with E-state index < -0.39 is 0 Å². The van der Waals surface area contributed by atoms with Gasteiger partial charge >= 0.3 is 0 Å². The van der Waals surface area contributed by atoms with Crippen LogP contribution in [0.25, 0.3) is 0 Å². The van der Waals surface area contributed by atoms with Crippen LogP contribution in [0, 0.1) is 0 Å². The highest BCUT2D eigenvalue weighted by Gasteiger charge is 2.27. The molecular formula is C16H28ClN3. The first-order chi connectivity index (χ1) is 8.94. The summed E-state index contributed by atoms with van der Waals surface area (Å²) in [6, 6.07) is 11.4. The average molecular weight is 298 g/mol. The van der Waals surface area contributed by atoms with E-state index in [1.807, 2.05) is 0 Å². The van der Waals surface area contributed by atoms with Crippen molar-refractivity contribution in [2.24, 2.45) is 5.73 Å². The molecule has 1 heterocycles. The number of hydrogen-bond acceptors (Lipinski definition) is 3. The lowest BCUT2D eigenvalue weighted by molar-refractivity contribution is 0.196. The van der Waals surface area contributed by atoms with Crippen LogP contribution in [0.15, 0.2) is 30.3 Å². The monoisotopic (exact) mass is 297 g/mol. The molecule has 4 heteroatoms. The summed E-state index contributed by atoms with van der Waals surface area (Å²) in [5, 5.41) is 0. The zero-order chi connectivity index (χ0) is 13.9. The van der Waals surface area contributed by atoms with Gasteiger partial charge in [-0.2, -0.15) is 0 Å². The average Bonchev–Trinajstić information content (AvgIpc) is 2.77. The van der Waals surface area contributed by atoms with Gasteiger partial charge in [-0.15, -0.1) is 12.4 Å². The van der Waals surface area contributed by atoms with Crippen LogP contribution in [-0.2, 0) is 6.54 Å². The number of nitrogens with two attached hydrogens (primary N) is 1. The molecule has 1 aromatic carbocycles. The summed E-state index contributed by atoms with van der Waals surface area (Å²) in [4.78, 5) is 4.96. The molecule has 2 N–H and O–H groups in total. The van der Waals surface area contributed by atoms with E-state index in [0.717, 1.165) is 19.6 Å². The molecular weight excluding hydrogens is 270 g/mol. The number of benzene rings is 1. The lowest BCUT2D eigenvalue weighted by Crippen LogP contribution is -2.48. The van der Waals surface area contributed by atoms with Gasteiger partial charge in [-0.1, -0.05) is 30.3 Å². The fourth-order valence-corrected chi connectivity index (χ4v) is 2.93. The number of halogens is 1. The van der Waals surface area contributed by atoms with E-state index in [-0.39, 0.29) is 17.9 Å². The first-order valence-electron chi connectivity index (χ1n) is 7.19. The number of hydrogen-bond donors (Lipinski definition) is 1. The van der Waals surface area contributed by atoms with E-state index in [9.17, 15) is 0 Å². The molecule has 0 aromatic heterocycles. The van der Waals surface area contributed by atoms with Crippen LogP contribution in [-0.4, -0.2) is 48.1 Å². The molecule has 0 bridgehead atoms. The minimum absolute atomic E-state index is 0. The van der Waals surface area contributed by atoms with Gasteiger partial charge in [0.2, 0.25) is 0 Å². The molecule has 3 nitrogen and oxygen atoms in total. The van der Waals surface area contributed by atoms with Crippen molar-refractivity contribution >= 4 is 12.4 Å². The number of nitrogens with zero attached hydrogens (tertiary/aromatic N) is 2. The van der Waals surface area contributed by atoms with Crippen molar-refractivity contribution < 1.29 is 0 Å². The van der Waals surface area contributed by atoms with Crippen LogP contribution in [0.3, 0.4) is 0 Å². The Kier molecular flexibility index (Phi) is 6.46. The van der Waals surface area contributed by atoms with Crippen LogP contribution >= 0.6 is 12.4 Å². The third-order valence-corrected chi connectivity index (χ3v) is 3.78. The smallest absolute Gasteiger partial charge is 0.0234 e. The van der Waals surface area contributed by atoms with Crippen molar-refractivity contribution in [3.8, 4) is 0 Å². The molecule has 1 atom stereocenters. The van der Waals surface area contributed by atoms with Crippen molar-refractivity contribution in [3.63, 3.8) is 0 Å². The second-order valence-electron chi connectivity index (χ2n) is 6.57. The molecule has 0 radical (unpaired) electrons. The standard InChI is InChI=1S/C16H27N3.ClH/c1-16(2,17)13-18(3)15-9-10-19(12-15)11-14-7-5-4-6-8-14;/h4-8,15H,9-13,17H2,1-3H3;1H. The van der Waals surface area contributed by atoms with E-state index in [4.69, 9.17) is 5.73 Å². The molecule has 0 amide bonds. The first-order valence-corrected chi connectivity index (χ1v) is 7.19. The summed E-state index contributed by atoms with van der Waals surface area (Å²) < 4.78 is 0. The fourth-order valence-electron chi connectivity index (χ4n) is 2.93. The zero-order valence-electron chi connectivity index (χ0n) is 12.9. The highest BCUT2D eigenvalue weighted by molar-refractivity contribution is 5.85. The van der Waals surface area contributed by atoms with Gasteiger partial charge < -0.3 is 10.6 Å². The minimum Gasteiger partial charge on any atom is -0.324 e. The zero-order valence-corrected chi connectivity index (χ0v) is 13.7. The quantitative estimate of drug-likeness (QED) is 0.905. The maximum Gasteiger partial charge on any atom is 0.0234 e. The minimum atomic E-state index is -0.110. The molecule has 0 spiro atoms. The van der Waals surface area contributed by atoms with Gasteiger partial charge in [-0.05, 0) is 32.9 Å². The van der Waals surface area contributed by atoms with E-state index >= 15 is 0 Å². The highest BCUT2D eigenvalue weighted by Crippen LogP contribution is 2.18. The maximum absolute atomic E-state index is 6.11. The van der Waals surface area contributed by atoms with Gasteiger partial charge in [-0.3, -0.25) is 4.90 Å². The molecule has 1 fully saturated rings. The van der Waals surface area contributed by atoms with Crippen molar-refractivity contribution in [3.05, 3.63) is 35.9 Å². The molecule has 0 aliphatic carbocycles. The van der Waals surface area contributed by atoms with Gasteiger partial charge in [0.05, 0.1) is 0 Å². The lowest BCUT2D eigenvalue weighted by atomic mass is 10.1. The van der Waals surface area contributed by atoms with Crippen molar-refractivity contribution in [1.82, 2.24) is 9.80 Å². The molecule has 114 valence electrons. The Balaban J connectivity index is 0.00000200. The Morgan fingerprint density at radius 1 is 1.30 bits per heavy atom. The molecule has 1 aliphatic heterocycles. The van der Waals surface area contributed by atoms with E-state index in [1.54, 1.807) is 0 Å². The van der Waals surface area contributed by atoms with Crippen LogP contribution in [0.5, 0.6) is 0 Å². The highest BCUT2D eigenvalue weighted by atomic mass is 35.5. The largest absolute Gasteiger partial charge is 0.324 e. The van der Waals surface area contributed by atoms with Crippen LogP contribution in [0.2, 0.25) is 0 Å². The van der Waals surface area contributed by atoms with Crippen molar-refractivity contribution in [1.29, 1.82) is 0 Å². The molecule has 20 heavy (non-hydrogen) atoms. The molecule has 1 aromatic rings. The van der Waals surface area contributed by atoms with Gasteiger partial charge in [0.1, 0.15) is 0 Å². The Hall–Kier alpha value is -0.610. The molecule has 2 rings (SSSR count). The second kappa shape index (κ2) is 7.41. The molecule has 1 aliphatic rings. The number of likely N-dealkylation sites (N-methyl/N-ethyl adjacent to an activating group) is 1. The van der Waals surface area contributed by atoms with Gasteiger partial charge in [0, 0.05) is 37.8 Å². The summed E-state index contributed by atoms with van der Waals surface area (Å²) in [6.07, 6.45) is 1.25. The van der Waals surface area contributed by atoms with Gasteiger partial charge in [-0.25, -0.2) is 0 Å². The summed E-state index contributed by atoms with van der Waals surface area (Å²) in [5.74, 6) is 0. The molecule has 0 saturated carbocycles. The maximum atomic E-state index is 6.11. The van der Waals surface area contributed by atoms with Crippen LogP contribution in [0.4, 0.5) is 0 Å². The Bertz CT molecular complexity index is 388.